The fraction of sp³-hybridized carbons (Fsp3) is 0.571. The predicted molar refractivity (Wildman–Crippen MR) is 72.3 cm³/mol. The number of carboxylic acids is 1. The molecule has 0 bridgehead atoms. The fourth-order valence-corrected chi connectivity index (χ4v) is 2.63. The van der Waals surface area contributed by atoms with E-state index in [9.17, 15) is 14.7 Å². The van der Waals surface area contributed by atoms with Crippen LogP contribution in [0.2, 0.25) is 0 Å². The van der Waals surface area contributed by atoms with Gasteiger partial charge in [0.25, 0.3) is 5.91 Å². The average molecular weight is 277 g/mol. The lowest BCUT2D eigenvalue weighted by Gasteiger charge is -2.31. The summed E-state index contributed by atoms with van der Waals surface area (Å²) in [4.78, 5) is 33.6. The van der Waals surface area contributed by atoms with Crippen LogP contribution >= 0.6 is 0 Å². The molecule has 0 aliphatic carbocycles. The number of aliphatic carboxylic acids is 1. The minimum absolute atomic E-state index is 0.281. The first kappa shape index (κ1) is 14.4. The second kappa shape index (κ2) is 5.56. The molecule has 108 valence electrons. The smallest absolute Gasteiger partial charge is 0.329 e. The van der Waals surface area contributed by atoms with E-state index in [0.29, 0.717) is 37.1 Å². The van der Waals surface area contributed by atoms with Crippen LogP contribution in [0.25, 0.3) is 0 Å². The molecular weight excluding hydrogens is 258 g/mol. The summed E-state index contributed by atoms with van der Waals surface area (Å²) in [5, 5.41) is 9.39. The van der Waals surface area contributed by atoms with Crippen LogP contribution in [0.4, 0.5) is 0 Å². The molecule has 20 heavy (non-hydrogen) atoms. The minimum atomic E-state index is -1.13. The van der Waals surface area contributed by atoms with E-state index in [1.165, 1.54) is 17.4 Å². The summed E-state index contributed by atoms with van der Waals surface area (Å²) >= 11 is 0. The van der Waals surface area contributed by atoms with Crippen molar-refractivity contribution in [3.05, 3.63) is 23.8 Å². The van der Waals surface area contributed by atoms with E-state index in [-0.39, 0.29) is 5.91 Å². The average Bonchev–Trinajstić information content (AvgIpc) is 2.82. The van der Waals surface area contributed by atoms with Crippen molar-refractivity contribution in [1.82, 2.24) is 14.9 Å². The van der Waals surface area contributed by atoms with E-state index < -0.39 is 11.5 Å². The Hall–Kier alpha value is -1.98. The van der Waals surface area contributed by atoms with Gasteiger partial charge in [-0.25, -0.2) is 14.8 Å². The molecule has 1 amide bonds. The quantitative estimate of drug-likeness (QED) is 0.901. The highest BCUT2D eigenvalue weighted by Gasteiger charge is 2.46. The number of carbonyl (C=O) groups excluding carboxylic acids is 1. The summed E-state index contributed by atoms with van der Waals surface area (Å²) in [6, 6.07) is 0. The largest absolute Gasteiger partial charge is 0.480 e. The van der Waals surface area contributed by atoms with Gasteiger partial charge in [0.1, 0.15) is 11.9 Å². The Balaban J connectivity index is 2.34. The maximum Gasteiger partial charge on any atom is 0.329 e. The number of hydrogen-bond donors (Lipinski definition) is 1. The first-order valence-corrected chi connectivity index (χ1v) is 6.85. The lowest BCUT2D eigenvalue weighted by Crippen LogP contribution is -2.51. The van der Waals surface area contributed by atoms with Crippen LogP contribution in [0.3, 0.4) is 0 Å². The molecule has 6 heteroatoms. The van der Waals surface area contributed by atoms with Gasteiger partial charge in [-0.15, -0.1) is 0 Å². The van der Waals surface area contributed by atoms with Crippen LogP contribution in [0.1, 0.15) is 49.2 Å². The Bertz CT molecular complexity index is 532. The van der Waals surface area contributed by atoms with Crippen LogP contribution in [-0.2, 0) is 11.2 Å². The van der Waals surface area contributed by atoms with Crippen molar-refractivity contribution in [3.8, 4) is 0 Å². The number of carbonyl (C=O) groups is 2. The summed E-state index contributed by atoms with van der Waals surface area (Å²) in [6.45, 7) is 4.07. The molecular formula is C14H19N3O3. The number of carboxylic acid groups (broad SMARTS) is 1. The molecule has 1 N–H and O–H groups in total. The number of hydrogen-bond acceptors (Lipinski definition) is 4. The van der Waals surface area contributed by atoms with Crippen molar-refractivity contribution in [3.63, 3.8) is 0 Å². The van der Waals surface area contributed by atoms with Gasteiger partial charge < -0.3 is 10.0 Å². The van der Waals surface area contributed by atoms with Crippen molar-refractivity contribution in [2.75, 3.05) is 6.54 Å². The number of aromatic nitrogens is 2. The number of likely N-dealkylation sites (tertiary alicyclic amines) is 1. The lowest BCUT2D eigenvalue weighted by atomic mass is 9.98. The Morgan fingerprint density at radius 2 is 2.25 bits per heavy atom. The highest BCUT2D eigenvalue weighted by Crippen LogP contribution is 2.31. The van der Waals surface area contributed by atoms with E-state index in [1.807, 2.05) is 6.92 Å². The minimum Gasteiger partial charge on any atom is -0.480 e. The second-order valence-corrected chi connectivity index (χ2v) is 5.27. The molecule has 1 saturated heterocycles. The molecule has 1 fully saturated rings. The number of amides is 1. The Morgan fingerprint density at radius 3 is 2.90 bits per heavy atom. The summed E-state index contributed by atoms with van der Waals surface area (Å²) in [5.74, 6) is -1.24. The van der Waals surface area contributed by atoms with Crippen molar-refractivity contribution >= 4 is 11.9 Å². The van der Waals surface area contributed by atoms with Gasteiger partial charge in [0.05, 0.1) is 11.3 Å². The van der Waals surface area contributed by atoms with Crippen LogP contribution in [0.5, 0.6) is 0 Å². The van der Waals surface area contributed by atoms with E-state index in [1.54, 1.807) is 6.92 Å². The van der Waals surface area contributed by atoms with Crippen molar-refractivity contribution in [1.29, 1.82) is 0 Å². The topological polar surface area (TPSA) is 83.4 Å². The molecule has 1 aromatic heterocycles. The van der Waals surface area contributed by atoms with E-state index in [0.717, 1.165) is 6.42 Å². The van der Waals surface area contributed by atoms with Gasteiger partial charge in [0, 0.05) is 12.7 Å². The van der Waals surface area contributed by atoms with Crippen LogP contribution in [0, 0.1) is 0 Å². The molecule has 1 aromatic rings. The number of rotatable bonds is 4. The zero-order valence-electron chi connectivity index (χ0n) is 11.8. The van der Waals surface area contributed by atoms with Gasteiger partial charge in [0.15, 0.2) is 0 Å². The summed E-state index contributed by atoms with van der Waals surface area (Å²) in [5.41, 5.74) is -0.0213. The molecule has 6 nitrogen and oxygen atoms in total. The molecule has 0 unspecified atom stereocenters. The molecule has 0 saturated carbocycles. The summed E-state index contributed by atoms with van der Waals surface area (Å²) < 4.78 is 0. The number of aryl methyl sites for hydroxylation is 1. The van der Waals surface area contributed by atoms with Gasteiger partial charge in [-0.2, -0.15) is 0 Å². The van der Waals surface area contributed by atoms with E-state index in [2.05, 4.69) is 9.97 Å². The molecule has 0 aromatic carbocycles. The zero-order valence-corrected chi connectivity index (χ0v) is 11.8. The Labute approximate surface area is 117 Å². The number of nitrogens with zero attached hydrogens (tertiary/aromatic N) is 3. The third kappa shape index (κ3) is 2.37. The van der Waals surface area contributed by atoms with Gasteiger partial charge in [-0.05, 0) is 26.2 Å². The first-order valence-electron chi connectivity index (χ1n) is 6.85. The molecule has 0 radical (unpaired) electrons. The van der Waals surface area contributed by atoms with Crippen LogP contribution < -0.4 is 0 Å². The van der Waals surface area contributed by atoms with E-state index >= 15 is 0 Å². The van der Waals surface area contributed by atoms with Crippen molar-refractivity contribution < 1.29 is 14.7 Å². The summed E-state index contributed by atoms with van der Waals surface area (Å²) in [6.07, 6.45) is 5.63. The lowest BCUT2D eigenvalue weighted by molar-refractivity contribution is -0.147. The normalized spacial score (nSPS) is 22.0. The maximum atomic E-state index is 12.6. The highest BCUT2D eigenvalue weighted by atomic mass is 16.4. The van der Waals surface area contributed by atoms with Crippen molar-refractivity contribution in [2.45, 2.75) is 45.1 Å². The predicted octanol–water partition coefficient (Wildman–Crippen LogP) is 1.51. The SMILES string of the molecule is CCCc1ncncc1C(=O)N1CCC[C@@]1(C)C(=O)O. The molecule has 1 atom stereocenters. The Morgan fingerprint density at radius 1 is 1.50 bits per heavy atom. The molecule has 1 aliphatic rings. The Kier molecular flexibility index (Phi) is 4.01. The third-order valence-corrected chi connectivity index (χ3v) is 3.86. The first-order chi connectivity index (χ1) is 9.50. The molecule has 2 rings (SSSR count). The van der Waals surface area contributed by atoms with Gasteiger partial charge in [-0.1, -0.05) is 13.3 Å². The monoisotopic (exact) mass is 277 g/mol. The van der Waals surface area contributed by atoms with Gasteiger partial charge >= 0.3 is 5.97 Å². The van der Waals surface area contributed by atoms with Crippen LogP contribution in [0.15, 0.2) is 12.5 Å². The zero-order chi connectivity index (χ0) is 14.8. The van der Waals surface area contributed by atoms with Gasteiger partial charge in [0.2, 0.25) is 0 Å². The third-order valence-electron chi connectivity index (χ3n) is 3.86. The standard InChI is InChI=1S/C14H19N3O3/c1-3-5-11-10(8-15-9-16-11)12(18)17-7-4-6-14(17,2)13(19)20/h8-9H,3-7H2,1-2H3,(H,19,20)/t14-/m0/s1. The van der Waals surface area contributed by atoms with Crippen molar-refractivity contribution in [2.24, 2.45) is 0 Å². The maximum absolute atomic E-state index is 12.6. The molecule has 1 aliphatic heterocycles. The van der Waals surface area contributed by atoms with Gasteiger partial charge in [-0.3, -0.25) is 4.79 Å². The fourth-order valence-electron chi connectivity index (χ4n) is 2.63. The van der Waals surface area contributed by atoms with Crippen LogP contribution in [-0.4, -0.2) is 43.9 Å². The second-order valence-electron chi connectivity index (χ2n) is 5.27. The highest BCUT2D eigenvalue weighted by molar-refractivity contribution is 5.98. The molecule has 2 heterocycles. The summed E-state index contributed by atoms with van der Waals surface area (Å²) in [7, 11) is 0. The molecule has 0 spiro atoms. The van der Waals surface area contributed by atoms with E-state index in [4.69, 9.17) is 0 Å².